The first-order chi connectivity index (χ1) is 14.9. The van der Waals surface area contributed by atoms with Crippen LogP contribution in [0, 0.1) is 10.1 Å². The predicted octanol–water partition coefficient (Wildman–Crippen LogP) is 4.26. The van der Waals surface area contributed by atoms with Crippen molar-refractivity contribution in [1.29, 1.82) is 0 Å². The van der Waals surface area contributed by atoms with Crippen LogP contribution in [0.15, 0.2) is 77.6 Å². The number of anilines is 1. The zero-order valence-electron chi connectivity index (χ0n) is 16.0. The molecule has 0 unspecified atom stereocenters. The lowest BCUT2D eigenvalue weighted by atomic mass is 10.1. The van der Waals surface area contributed by atoms with Crippen LogP contribution >= 0.6 is 11.6 Å². The Bertz CT molecular complexity index is 1370. The predicted molar refractivity (Wildman–Crippen MR) is 118 cm³/mol. The molecule has 1 heterocycles. The van der Waals surface area contributed by atoms with Gasteiger partial charge < -0.3 is 5.32 Å². The first kappa shape index (κ1) is 20.2. The molecule has 0 fully saturated rings. The molecule has 0 aliphatic carbocycles. The molecular formula is C22H15ClN4O4. The molecule has 31 heavy (non-hydrogen) atoms. The summed E-state index contributed by atoms with van der Waals surface area (Å²) in [5, 5.41) is 18.8. The number of nitrogens with zero attached hydrogens (tertiary/aromatic N) is 3. The molecule has 4 aromatic rings. The molecule has 0 aliphatic heterocycles. The maximum Gasteiger partial charge on any atom is 0.276 e. The standard InChI is InChI=1S/C22H15ClN4O4/c23-18-11-10-15(27(30)31)12-19(18)24-21(28)20-16-8-4-5-9-17(16)22(29)26(25-20)13-14-6-2-1-3-7-14/h1-12H,13H2,(H,24,28). The Labute approximate surface area is 180 Å². The topological polar surface area (TPSA) is 107 Å². The van der Waals surface area contributed by atoms with E-state index < -0.39 is 10.8 Å². The van der Waals surface area contributed by atoms with Gasteiger partial charge in [0.2, 0.25) is 0 Å². The van der Waals surface area contributed by atoms with Crippen molar-refractivity contribution in [2.24, 2.45) is 0 Å². The largest absolute Gasteiger partial charge is 0.319 e. The average Bonchev–Trinajstić information content (AvgIpc) is 2.77. The van der Waals surface area contributed by atoms with Crippen LogP contribution in [0.4, 0.5) is 11.4 Å². The number of aromatic nitrogens is 2. The minimum Gasteiger partial charge on any atom is -0.319 e. The highest BCUT2D eigenvalue weighted by Gasteiger charge is 2.19. The Morgan fingerprint density at radius 2 is 1.71 bits per heavy atom. The van der Waals surface area contributed by atoms with Crippen molar-refractivity contribution in [3.05, 3.63) is 110 Å². The Morgan fingerprint density at radius 3 is 2.42 bits per heavy atom. The van der Waals surface area contributed by atoms with E-state index in [-0.39, 0.29) is 34.2 Å². The van der Waals surface area contributed by atoms with Gasteiger partial charge in [0, 0.05) is 17.5 Å². The van der Waals surface area contributed by atoms with Gasteiger partial charge in [-0.2, -0.15) is 5.10 Å². The molecule has 4 rings (SSSR count). The van der Waals surface area contributed by atoms with Crippen molar-refractivity contribution in [1.82, 2.24) is 9.78 Å². The lowest BCUT2D eigenvalue weighted by Gasteiger charge is -2.12. The Morgan fingerprint density at radius 1 is 1.03 bits per heavy atom. The van der Waals surface area contributed by atoms with E-state index in [1.165, 1.54) is 22.9 Å². The molecule has 0 spiro atoms. The molecule has 1 aromatic heterocycles. The average molecular weight is 435 g/mol. The van der Waals surface area contributed by atoms with Gasteiger partial charge in [-0.15, -0.1) is 0 Å². The molecule has 8 nitrogen and oxygen atoms in total. The highest BCUT2D eigenvalue weighted by molar-refractivity contribution is 6.34. The SMILES string of the molecule is O=C(Nc1cc([N+](=O)[O-])ccc1Cl)c1nn(Cc2ccccc2)c(=O)c2ccccc12. The number of rotatable bonds is 5. The van der Waals surface area contributed by atoms with Crippen LogP contribution in [0.5, 0.6) is 0 Å². The van der Waals surface area contributed by atoms with Crippen LogP contribution in [0.3, 0.4) is 0 Å². The van der Waals surface area contributed by atoms with E-state index in [0.717, 1.165) is 5.56 Å². The number of carbonyl (C=O) groups is 1. The van der Waals surface area contributed by atoms with Gasteiger partial charge in [0.1, 0.15) is 0 Å². The molecule has 9 heteroatoms. The summed E-state index contributed by atoms with van der Waals surface area (Å²) in [4.78, 5) is 36.4. The summed E-state index contributed by atoms with van der Waals surface area (Å²) < 4.78 is 1.22. The molecule has 0 saturated heterocycles. The van der Waals surface area contributed by atoms with Crippen molar-refractivity contribution in [2.45, 2.75) is 6.54 Å². The van der Waals surface area contributed by atoms with E-state index in [4.69, 9.17) is 11.6 Å². The number of carbonyl (C=O) groups excluding carboxylic acids is 1. The summed E-state index contributed by atoms with van der Waals surface area (Å²) in [6.45, 7) is 0.183. The summed E-state index contributed by atoms with van der Waals surface area (Å²) in [7, 11) is 0. The van der Waals surface area contributed by atoms with E-state index in [9.17, 15) is 19.7 Å². The Balaban J connectivity index is 1.79. The van der Waals surface area contributed by atoms with Crippen molar-refractivity contribution in [2.75, 3.05) is 5.32 Å². The molecule has 0 radical (unpaired) electrons. The van der Waals surface area contributed by atoms with Crippen LogP contribution in [-0.4, -0.2) is 20.6 Å². The Hall–Kier alpha value is -4.04. The third-order valence-corrected chi connectivity index (χ3v) is 5.00. The second kappa shape index (κ2) is 8.37. The highest BCUT2D eigenvalue weighted by Crippen LogP contribution is 2.27. The third-order valence-electron chi connectivity index (χ3n) is 4.67. The van der Waals surface area contributed by atoms with Crippen LogP contribution in [0.25, 0.3) is 10.8 Å². The van der Waals surface area contributed by atoms with Gasteiger partial charge >= 0.3 is 0 Å². The summed E-state index contributed by atoms with van der Waals surface area (Å²) >= 11 is 6.10. The van der Waals surface area contributed by atoms with E-state index >= 15 is 0 Å². The van der Waals surface area contributed by atoms with Crippen molar-refractivity contribution in [3.63, 3.8) is 0 Å². The lowest BCUT2D eigenvalue weighted by molar-refractivity contribution is -0.384. The zero-order valence-corrected chi connectivity index (χ0v) is 16.7. The van der Waals surface area contributed by atoms with Crippen molar-refractivity contribution < 1.29 is 9.72 Å². The first-order valence-corrected chi connectivity index (χ1v) is 9.61. The lowest BCUT2D eigenvalue weighted by Crippen LogP contribution is -2.28. The third kappa shape index (κ3) is 4.15. The number of benzene rings is 3. The van der Waals surface area contributed by atoms with E-state index in [0.29, 0.717) is 10.8 Å². The minimum atomic E-state index is -0.639. The monoisotopic (exact) mass is 434 g/mol. The van der Waals surface area contributed by atoms with Crippen LogP contribution in [0.2, 0.25) is 5.02 Å². The molecule has 1 N–H and O–H groups in total. The second-order valence-corrected chi connectivity index (χ2v) is 7.13. The van der Waals surface area contributed by atoms with Gasteiger partial charge in [-0.1, -0.05) is 60.1 Å². The second-order valence-electron chi connectivity index (χ2n) is 6.72. The van der Waals surface area contributed by atoms with Gasteiger partial charge in [-0.25, -0.2) is 4.68 Å². The summed E-state index contributed by atoms with van der Waals surface area (Å²) in [6, 6.07) is 19.7. The van der Waals surface area contributed by atoms with Crippen molar-refractivity contribution >= 4 is 39.7 Å². The summed E-state index contributed by atoms with van der Waals surface area (Å²) in [5.74, 6) is -0.639. The van der Waals surface area contributed by atoms with Crippen LogP contribution in [0.1, 0.15) is 16.1 Å². The number of nitro groups is 1. The number of halogens is 1. The molecule has 3 aromatic carbocycles. The van der Waals surface area contributed by atoms with E-state index in [2.05, 4.69) is 10.4 Å². The Kier molecular flexibility index (Phi) is 5.46. The van der Waals surface area contributed by atoms with Gasteiger partial charge in [0.05, 0.1) is 27.6 Å². The maximum atomic E-state index is 13.1. The number of fused-ring (bicyclic) bond motifs is 1. The number of amides is 1. The molecule has 1 amide bonds. The number of hydrogen-bond donors (Lipinski definition) is 1. The van der Waals surface area contributed by atoms with Gasteiger partial charge in [0.25, 0.3) is 17.2 Å². The number of hydrogen-bond acceptors (Lipinski definition) is 5. The van der Waals surface area contributed by atoms with Crippen LogP contribution in [-0.2, 0) is 6.54 Å². The molecule has 0 aliphatic rings. The van der Waals surface area contributed by atoms with Crippen LogP contribution < -0.4 is 10.9 Å². The molecule has 0 atom stereocenters. The first-order valence-electron chi connectivity index (χ1n) is 9.23. The van der Waals surface area contributed by atoms with E-state index in [1.54, 1.807) is 24.3 Å². The fourth-order valence-electron chi connectivity index (χ4n) is 3.17. The fraction of sp³-hybridized carbons (Fsp3) is 0.0455. The van der Waals surface area contributed by atoms with Gasteiger partial charge in [-0.3, -0.25) is 19.7 Å². The highest BCUT2D eigenvalue weighted by atomic mass is 35.5. The quantitative estimate of drug-likeness (QED) is 0.373. The number of nitro benzene ring substituents is 1. The molecule has 154 valence electrons. The number of nitrogens with one attached hydrogen (secondary N) is 1. The van der Waals surface area contributed by atoms with Gasteiger partial charge in [0.15, 0.2) is 5.69 Å². The van der Waals surface area contributed by atoms with Gasteiger partial charge in [-0.05, 0) is 17.7 Å². The molecule has 0 bridgehead atoms. The maximum absolute atomic E-state index is 13.1. The molecule has 0 saturated carbocycles. The van der Waals surface area contributed by atoms with Crippen molar-refractivity contribution in [3.8, 4) is 0 Å². The minimum absolute atomic E-state index is 0.00806. The smallest absolute Gasteiger partial charge is 0.276 e. The summed E-state index contributed by atoms with van der Waals surface area (Å²) in [5.41, 5.74) is 0.387. The fourth-order valence-corrected chi connectivity index (χ4v) is 3.34. The van der Waals surface area contributed by atoms with E-state index in [1.807, 2.05) is 30.3 Å². The zero-order chi connectivity index (χ0) is 22.0. The normalized spacial score (nSPS) is 10.7. The summed E-state index contributed by atoms with van der Waals surface area (Å²) in [6.07, 6.45) is 0. The number of non-ortho nitro benzene ring substituents is 1. The molecular weight excluding hydrogens is 420 g/mol.